The fraction of sp³-hybridized carbons (Fsp3) is 0.700. The number of ether oxygens (including phenoxy) is 2. The van der Waals surface area contributed by atoms with Crippen LogP contribution in [0, 0.1) is 0 Å². The summed E-state index contributed by atoms with van der Waals surface area (Å²) in [5, 5.41) is 38.8. The molecule has 1 aromatic carbocycles. The van der Waals surface area contributed by atoms with Gasteiger partial charge in [0.25, 0.3) is 0 Å². The Kier molecular flexibility index (Phi) is 8.81. The molecule has 6 nitrogen and oxygen atoms in total. The molecule has 26 heavy (non-hydrogen) atoms. The normalized spacial score (nSPS) is 28.9. The molecule has 0 amide bonds. The first-order valence-corrected chi connectivity index (χ1v) is 9.63. The SMILES string of the molecule is CCCCCCCCc1ccc(O[C@@H]2O[C@H](CO)[C@@H](O)[C@H](O)[C@H]2O)cc1. The van der Waals surface area contributed by atoms with E-state index in [2.05, 4.69) is 6.92 Å². The first-order chi connectivity index (χ1) is 12.6. The van der Waals surface area contributed by atoms with Gasteiger partial charge in [-0.1, -0.05) is 51.2 Å². The van der Waals surface area contributed by atoms with Crippen molar-refractivity contribution in [3.8, 4) is 5.75 Å². The minimum absolute atomic E-state index is 0.470. The van der Waals surface area contributed by atoms with Crippen molar-refractivity contribution in [3.05, 3.63) is 29.8 Å². The third kappa shape index (κ3) is 5.93. The molecule has 0 aliphatic carbocycles. The van der Waals surface area contributed by atoms with Crippen LogP contribution in [-0.2, 0) is 11.2 Å². The second-order valence-corrected chi connectivity index (χ2v) is 6.98. The molecule has 0 spiro atoms. The van der Waals surface area contributed by atoms with Gasteiger partial charge in [0.05, 0.1) is 6.61 Å². The van der Waals surface area contributed by atoms with E-state index in [4.69, 9.17) is 9.47 Å². The predicted octanol–water partition coefficient (Wildman–Crippen LogP) is 1.77. The molecule has 1 aliphatic heterocycles. The van der Waals surface area contributed by atoms with Crippen molar-refractivity contribution < 1.29 is 29.9 Å². The van der Waals surface area contributed by atoms with E-state index in [9.17, 15) is 20.4 Å². The molecule has 0 bridgehead atoms. The first kappa shape index (κ1) is 21.1. The second kappa shape index (κ2) is 10.8. The molecule has 1 heterocycles. The number of rotatable bonds is 10. The summed E-state index contributed by atoms with van der Waals surface area (Å²) in [5.74, 6) is 0.501. The number of benzene rings is 1. The van der Waals surface area contributed by atoms with E-state index in [-0.39, 0.29) is 0 Å². The van der Waals surface area contributed by atoms with Gasteiger partial charge in [-0.05, 0) is 30.5 Å². The van der Waals surface area contributed by atoms with Crippen molar-refractivity contribution in [1.82, 2.24) is 0 Å². The zero-order valence-corrected chi connectivity index (χ0v) is 15.5. The number of aliphatic hydroxyl groups is 4. The summed E-state index contributed by atoms with van der Waals surface area (Å²) in [6.07, 6.45) is 2.27. The number of unbranched alkanes of at least 4 members (excludes halogenated alkanes) is 5. The van der Waals surface area contributed by atoms with E-state index < -0.39 is 37.3 Å². The molecule has 0 unspecified atom stereocenters. The van der Waals surface area contributed by atoms with Crippen molar-refractivity contribution in [3.63, 3.8) is 0 Å². The highest BCUT2D eigenvalue weighted by atomic mass is 16.7. The molecule has 1 aliphatic rings. The lowest BCUT2D eigenvalue weighted by Crippen LogP contribution is -2.60. The summed E-state index contributed by atoms with van der Waals surface area (Å²) in [7, 11) is 0. The molecule has 1 aromatic rings. The molecule has 2 rings (SSSR count). The van der Waals surface area contributed by atoms with Crippen molar-refractivity contribution in [1.29, 1.82) is 0 Å². The maximum atomic E-state index is 10.0. The molecule has 1 fully saturated rings. The Morgan fingerprint density at radius 3 is 2.19 bits per heavy atom. The Bertz CT molecular complexity index is 504. The van der Waals surface area contributed by atoms with Crippen LogP contribution in [0.5, 0.6) is 5.75 Å². The highest BCUT2D eigenvalue weighted by Gasteiger charge is 2.44. The maximum Gasteiger partial charge on any atom is 0.229 e. The van der Waals surface area contributed by atoms with Gasteiger partial charge in [-0.15, -0.1) is 0 Å². The number of hydrogen-bond acceptors (Lipinski definition) is 6. The van der Waals surface area contributed by atoms with E-state index in [1.165, 1.54) is 37.7 Å². The average molecular weight is 368 g/mol. The van der Waals surface area contributed by atoms with Gasteiger partial charge >= 0.3 is 0 Å². The minimum atomic E-state index is -1.43. The summed E-state index contributed by atoms with van der Waals surface area (Å²) < 4.78 is 10.9. The molecule has 5 atom stereocenters. The molecular formula is C20H32O6. The van der Waals surface area contributed by atoms with Crippen LogP contribution in [0.15, 0.2) is 24.3 Å². The Hall–Kier alpha value is -1.18. The van der Waals surface area contributed by atoms with Crippen LogP contribution in [0.1, 0.15) is 51.0 Å². The fourth-order valence-electron chi connectivity index (χ4n) is 3.14. The topological polar surface area (TPSA) is 99.4 Å². The fourth-order valence-corrected chi connectivity index (χ4v) is 3.14. The van der Waals surface area contributed by atoms with Crippen molar-refractivity contribution in [2.45, 2.75) is 82.6 Å². The van der Waals surface area contributed by atoms with Crippen LogP contribution >= 0.6 is 0 Å². The molecule has 1 saturated heterocycles. The van der Waals surface area contributed by atoms with E-state index in [1.807, 2.05) is 12.1 Å². The zero-order valence-electron chi connectivity index (χ0n) is 15.5. The van der Waals surface area contributed by atoms with E-state index in [0.29, 0.717) is 5.75 Å². The third-order valence-corrected chi connectivity index (χ3v) is 4.84. The highest BCUT2D eigenvalue weighted by molar-refractivity contribution is 5.27. The van der Waals surface area contributed by atoms with Gasteiger partial charge < -0.3 is 29.9 Å². The monoisotopic (exact) mass is 368 g/mol. The van der Waals surface area contributed by atoms with E-state index in [0.717, 1.165) is 12.8 Å². The summed E-state index contributed by atoms with van der Waals surface area (Å²) >= 11 is 0. The summed E-state index contributed by atoms with van der Waals surface area (Å²) in [6.45, 7) is 1.75. The smallest absolute Gasteiger partial charge is 0.229 e. The van der Waals surface area contributed by atoms with Gasteiger partial charge in [-0.3, -0.25) is 0 Å². The zero-order chi connectivity index (χ0) is 18.9. The van der Waals surface area contributed by atoms with Crippen molar-refractivity contribution >= 4 is 0 Å². The van der Waals surface area contributed by atoms with E-state index in [1.54, 1.807) is 12.1 Å². The third-order valence-electron chi connectivity index (χ3n) is 4.84. The summed E-state index contributed by atoms with van der Waals surface area (Å²) in [6, 6.07) is 7.55. The highest BCUT2D eigenvalue weighted by Crippen LogP contribution is 2.24. The van der Waals surface area contributed by atoms with Crippen LogP contribution < -0.4 is 4.74 Å². The lowest BCUT2D eigenvalue weighted by Gasteiger charge is -2.39. The summed E-state index contributed by atoms with van der Waals surface area (Å²) in [4.78, 5) is 0. The minimum Gasteiger partial charge on any atom is -0.462 e. The molecule has 148 valence electrons. The molecule has 0 saturated carbocycles. The Balaban J connectivity index is 1.81. The second-order valence-electron chi connectivity index (χ2n) is 6.98. The molecule has 0 radical (unpaired) electrons. The van der Waals surface area contributed by atoms with Crippen molar-refractivity contribution in [2.24, 2.45) is 0 Å². The lowest BCUT2D eigenvalue weighted by atomic mass is 9.99. The van der Waals surface area contributed by atoms with Crippen LogP contribution in [0.2, 0.25) is 0 Å². The van der Waals surface area contributed by atoms with Gasteiger partial charge in [0.15, 0.2) is 0 Å². The largest absolute Gasteiger partial charge is 0.462 e. The molecule has 4 N–H and O–H groups in total. The molecular weight excluding hydrogens is 336 g/mol. The molecule has 6 heteroatoms. The Morgan fingerprint density at radius 2 is 1.54 bits per heavy atom. The molecule has 0 aromatic heterocycles. The number of aliphatic hydroxyl groups excluding tert-OH is 4. The average Bonchev–Trinajstić information content (AvgIpc) is 2.66. The van der Waals surface area contributed by atoms with Crippen LogP contribution in [-0.4, -0.2) is 57.7 Å². The van der Waals surface area contributed by atoms with Gasteiger partial charge in [-0.25, -0.2) is 0 Å². The Morgan fingerprint density at radius 1 is 0.885 bits per heavy atom. The maximum absolute atomic E-state index is 10.0. The standard InChI is InChI=1S/C20H32O6/c1-2-3-4-5-6-7-8-14-9-11-15(12-10-14)25-20-19(24)18(23)17(22)16(13-21)26-20/h9-12,16-24H,2-8,13H2,1H3/t16-,17-,18+,19-,20-/m1/s1. The van der Waals surface area contributed by atoms with E-state index >= 15 is 0 Å². The lowest BCUT2D eigenvalue weighted by molar-refractivity contribution is -0.277. The number of aryl methyl sites for hydroxylation is 1. The quantitative estimate of drug-likeness (QED) is 0.470. The van der Waals surface area contributed by atoms with Gasteiger partial charge in [0.2, 0.25) is 6.29 Å². The van der Waals surface area contributed by atoms with Gasteiger partial charge in [0, 0.05) is 0 Å². The number of hydrogen-bond donors (Lipinski definition) is 4. The summed E-state index contributed by atoms with van der Waals surface area (Å²) in [5.41, 5.74) is 1.22. The van der Waals surface area contributed by atoms with Crippen LogP contribution in [0.4, 0.5) is 0 Å². The van der Waals surface area contributed by atoms with Crippen molar-refractivity contribution in [2.75, 3.05) is 6.61 Å². The van der Waals surface area contributed by atoms with Crippen LogP contribution in [0.25, 0.3) is 0 Å². The Labute approximate surface area is 155 Å². The predicted molar refractivity (Wildman–Crippen MR) is 97.9 cm³/mol. The van der Waals surface area contributed by atoms with Gasteiger partial charge in [-0.2, -0.15) is 0 Å². The van der Waals surface area contributed by atoms with Crippen LogP contribution in [0.3, 0.4) is 0 Å². The van der Waals surface area contributed by atoms with Gasteiger partial charge in [0.1, 0.15) is 30.2 Å². The first-order valence-electron chi connectivity index (χ1n) is 9.63.